The van der Waals surface area contributed by atoms with Crippen LogP contribution in [0.4, 0.5) is 0 Å². The van der Waals surface area contributed by atoms with Gasteiger partial charge in [0.25, 0.3) is 0 Å². The molecule has 4 saturated carbocycles. The van der Waals surface area contributed by atoms with Crippen LogP contribution in [0, 0.1) is 55.3 Å². The number of hydrogen-bond donors (Lipinski definition) is 0. The van der Waals surface area contributed by atoms with Gasteiger partial charge in [-0.25, -0.2) is 0 Å². The Morgan fingerprint density at radius 1 is 0.655 bits per heavy atom. The lowest BCUT2D eigenvalue weighted by atomic mass is 9.61. The Morgan fingerprint density at radius 3 is 1.95 bits per heavy atom. The lowest BCUT2D eigenvalue weighted by molar-refractivity contribution is 0.121. The van der Waals surface area contributed by atoms with Gasteiger partial charge in [-0.15, -0.1) is 34.4 Å². The average molecular weight is 799 g/mol. The molecule has 3 heterocycles. The van der Waals surface area contributed by atoms with Crippen molar-refractivity contribution >= 4 is 73.2 Å². The highest BCUT2D eigenvalue weighted by molar-refractivity contribution is 8.09. The van der Waals surface area contributed by atoms with Crippen LogP contribution < -0.4 is 0 Å². The van der Waals surface area contributed by atoms with E-state index in [9.17, 15) is 0 Å². The van der Waals surface area contributed by atoms with E-state index in [1.807, 2.05) is 22.7 Å². The Morgan fingerprint density at radius 2 is 1.27 bits per heavy atom. The van der Waals surface area contributed by atoms with Crippen LogP contribution in [0.3, 0.4) is 0 Å². The van der Waals surface area contributed by atoms with Gasteiger partial charge in [-0.1, -0.05) is 121 Å². The van der Waals surface area contributed by atoms with E-state index in [1.54, 1.807) is 27.2 Å². The summed E-state index contributed by atoms with van der Waals surface area (Å²) in [5.74, 6) is 6.61. The van der Waals surface area contributed by atoms with Crippen molar-refractivity contribution in [3.05, 3.63) is 105 Å². The third kappa shape index (κ3) is 5.75. The molecule has 0 radical (unpaired) electrons. The second-order valence-corrected chi connectivity index (χ2v) is 29.3. The van der Waals surface area contributed by atoms with Gasteiger partial charge in [0.05, 0.1) is 8.07 Å². The van der Waals surface area contributed by atoms with Crippen LogP contribution in [-0.2, 0) is 5.41 Å². The maximum absolute atomic E-state index is 2.92. The van der Waals surface area contributed by atoms with Crippen molar-refractivity contribution in [2.75, 3.05) is 0 Å². The third-order valence-corrected chi connectivity index (χ3v) is 25.6. The summed E-state index contributed by atoms with van der Waals surface area (Å²) >= 11 is 6.40. The Labute approximate surface area is 345 Å². The predicted molar refractivity (Wildman–Crippen MR) is 248 cm³/mol. The summed E-state index contributed by atoms with van der Waals surface area (Å²) in [7, 11) is -1.77. The molecule has 3 aromatic carbocycles. The first kappa shape index (κ1) is 37.2. The second-order valence-electron chi connectivity index (χ2n) is 20.6. The maximum Gasteiger partial charge on any atom is 0.0555 e. The van der Waals surface area contributed by atoms with Crippen molar-refractivity contribution in [2.24, 2.45) is 41.4 Å². The Balaban J connectivity index is 1.05. The number of fused-ring (bicyclic) bond motifs is 5. The molecule has 4 heteroatoms. The molecule has 10 rings (SSSR count). The molecule has 0 bridgehead atoms. The lowest BCUT2D eigenvalue weighted by Gasteiger charge is -2.50. The van der Waals surface area contributed by atoms with E-state index in [0.29, 0.717) is 11.2 Å². The molecule has 2 aromatic heterocycles. The normalized spacial score (nSPS) is 33.5. The molecule has 1 aliphatic heterocycles. The number of thiophene rings is 2. The van der Waals surface area contributed by atoms with Crippen LogP contribution >= 0.6 is 34.4 Å². The van der Waals surface area contributed by atoms with Crippen LogP contribution in [-0.4, -0.2) is 13.3 Å². The van der Waals surface area contributed by atoms with Gasteiger partial charge in [0, 0.05) is 51.2 Å². The summed E-state index contributed by atoms with van der Waals surface area (Å²) in [5.41, 5.74) is 10.0. The molecule has 0 nitrogen and oxygen atoms in total. The molecule has 0 spiro atoms. The van der Waals surface area contributed by atoms with Gasteiger partial charge in [0.2, 0.25) is 0 Å². The molecule has 0 amide bonds. The van der Waals surface area contributed by atoms with Crippen LogP contribution in [0.5, 0.6) is 0 Å². The highest BCUT2D eigenvalue weighted by Gasteiger charge is 2.62. The van der Waals surface area contributed by atoms with Crippen LogP contribution in [0.1, 0.15) is 111 Å². The molecule has 5 aliphatic rings. The van der Waals surface area contributed by atoms with Crippen molar-refractivity contribution < 1.29 is 0 Å². The molecule has 0 saturated heterocycles. The van der Waals surface area contributed by atoms with E-state index in [0.717, 1.165) is 52.5 Å². The molecule has 55 heavy (non-hydrogen) atoms. The molecule has 11 atom stereocenters. The lowest BCUT2D eigenvalue weighted by Crippen LogP contribution is -2.48. The second kappa shape index (κ2) is 13.5. The summed E-state index contributed by atoms with van der Waals surface area (Å²) < 4.78 is 2.90. The van der Waals surface area contributed by atoms with Crippen molar-refractivity contribution in [3.8, 4) is 0 Å². The van der Waals surface area contributed by atoms with E-state index >= 15 is 0 Å². The molecular weight excluding hydrogens is 737 g/mol. The zero-order chi connectivity index (χ0) is 38.1. The smallest absolute Gasteiger partial charge is 0.0555 e. The van der Waals surface area contributed by atoms with E-state index < -0.39 is 8.07 Å². The largest absolute Gasteiger partial charge is 0.140 e. The number of rotatable bonds is 5. The molecule has 0 N–H and O–H groups in total. The zero-order valence-corrected chi connectivity index (χ0v) is 38.2. The summed E-state index contributed by atoms with van der Waals surface area (Å²) in [6, 6.07) is 28.7. The number of aryl methyl sites for hydroxylation is 2. The number of allylic oxidation sites excluding steroid dienone is 1. The SMILES string of the molecule is Cc1sc2ccccc2c1C1=C(c2c(C)sc3ccccc23)C2CC(C)C([Si](C)(C)C3C(C)CC4C3CC3CCCC3C4c3ccc(C(C)(C)C)cc3)C2S1. The molecule has 4 aliphatic carbocycles. The van der Waals surface area contributed by atoms with Crippen molar-refractivity contribution in [3.63, 3.8) is 0 Å². The fourth-order valence-corrected chi connectivity index (χ4v) is 26.1. The Bertz CT molecular complexity index is 2300. The van der Waals surface area contributed by atoms with E-state index in [4.69, 9.17) is 0 Å². The summed E-state index contributed by atoms with van der Waals surface area (Å²) in [6.45, 7) is 23.2. The summed E-state index contributed by atoms with van der Waals surface area (Å²) in [5, 5.41) is 3.66. The molecule has 11 unspecified atom stereocenters. The Hall–Kier alpha value is -2.11. The minimum atomic E-state index is -1.77. The van der Waals surface area contributed by atoms with E-state index in [2.05, 4.69) is 146 Å². The van der Waals surface area contributed by atoms with Crippen LogP contribution in [0.15, 0.2) is 72.8 Å². The van der Waals surface area contributed by atoms with Crippen molar-refractivity contribution in [1.29, 1.82) is 0 Å². The zero-order valence-electron chi connectivity index (χ0n) is 34.7. The summed E-state index contributed by atoms with van der Waals surface area (Å²) in [4.78, 5) is 4.66. The third-order valence-electron chi connectivity index (χ3n) is 16.3. The van der Waals surface area contributed by atoms with Gasteiger partial charge < -0.3 is 0 Å². The van der Waals surface area contributed by atoms with E-state index in [-0.39, 0.29) is 5.41 Å². The fourth-order valence-electron chi connectivity index (χ4n) is 14.5. The van der Waals surface area contributed by atoms with Gasteiger partial charge >= 0.3 is 0 Å². The molecular formula is C51H62S3Si. The average Bonchev–Trinajstić information content (AvgIpc) is 3.98. The minimum Gasteiger partial charge on any atom is -0.140 e. The van der Waals surface area contributed by atoms with E-state index in [1.165, 1.54) is 74.0 Å². The Kier molecular flexibility index (Phi) is 9.10. The molecule has 5 aromatic rings. The molecule has 288 valence electrons. The topological polar surface area (TPSA) is 0 Å². The van der Waals surface area contributed by atoms with Crippen LogP contribution in [0.2, 0.25) is 24.2 Å². The fraction of sp³-hybridized carbons (Fsp3) is 0.529. The highest BCUT2D eigenvalue weighted by Crippen LogP contribution is 2.71. The van der Waals surface area contributed by atoms with Crippen molar-refractivity contribution in [1.82, 2.24) is 0 Å². The first-order chi connectivity index (χ1) is 26.3. The summed E-state index contributed by atoms with van der Waals surface area (Å²) in [6.07, 6.45) is 8.73. The standard InChI is InChI=1S/C51H62S3Si/c1-28-25-38-39(27-33-15-14-18-35(33)45(38)32-21-23-34(24-22-32)51(5,6)7)49(28)55(8,9)50-29(2)26-40-46(43-30(3)52-41-19-12-10-16-36(41)43)48(54-47(40)50)44-31(4)53-42-20-13-11-17-37(42)44/h10-13,16-17,19-24,28-29,33,35,38-40,45,47,49-50H,14-15,18,25-27H2,1-9H3. The van der Waals surface area contributed by atoms with Crippen LogP contribution in [0.25, 0.3) is 30.7 Å². The van der Waals surface area contributed by atoms with Gasteiger partial charge in [-0.3, -0.25) is 0 Å². The minimum absolute atomic E-state index is 0.208. The predicted octanol–water partition coefficient (Wildman–Crippen LogP) is 16.0. The first-order valence-corrected chi connectivity index (χ1v) is 27.5. The van der Waals surface area contributed by atoms with Crippen molar-refractivity contribution in [2.45, 2.75) is 128 Å². The number of hydrogen-bond acceptors (Lipinski definition) is 3. The first-order valence-electron chi connectivity index (χ1n) is 21.8. The number of thioether (sulfide) groups is 1. The van der Waals surface area contributed by atoms with Gasteiger partial charge in [0.15, 0.2) is 0 Å². The molecule has 4 fully saturated rings. The van der Waals surface area contributed by atoms with Gasteiger partial charge in [0.1, 0.15) is 0 Å². The highest BCUT2D eigenvalue weighted by atomic mass is 32.2. The number of benzene rings is 3. The van der Waals surface area contributed by atoms with Gasteiger partial charge in [-0.05, 0) is 132 Å². The van der Waals surface area contributed by atoms with Gasteiger partial charge in [-0.2, -0.15) is 0 Å². The monoisotopic (exact) mass is 798 g/mol. The quantitative estimate of drug-likeness (QED) is 0.160. The maximum atomic E-state index is 2.92.